The molecule has 0 radical (unpaired) electrons. The summed E-state index contributed by atoms with van der Waals surface area (Å²) in [4.78, 5) is 24.9. The van der Waals surface area contributed by atoms with Gasteiger partial charge in [-0.05, 0) is 89.8 Å². The van der Waals surface area contributed by atoms with E-state index in [1.807, 2.05) is 65.8 Å². The molecule has 0 aliphatic heterocycles. The fourth-order valence-electron chi connectivity index (χ4n) is 5.33. The van der Waals surface area contributed by atoms with E-state index in [-0.39, 0.29) is 5.41 Å². The van der Waals surface area contributed by atoms with Crippen molar-refractivity contribution in [2.24, 2.45) is 0 Å². The molecule has 0 atom stereocenters. The van der Waals surface area contributed by atoms with Crippen molar-refractivity contribution in [2.45, 2.75) is 85.7 Å². The number of rotatable bonds is 24. The second-order valence-electron chi connectivity index (χ2n) is 11.5. The minimum absolute atomic E-state index is 0.363. The number of nitrogens with one attached hydrogen (secondary N) is 2. The van der Waals surface area contributed by atoms with Crippen molar-refractivity contribution in [3.05, 3.63) is 59.7 Å². The summed E-state index contributed by atoms with van der Waals surface area (Å²) in [6.45, 7) is 19.6. The SMILES string of the molecule is CCO[Si](CCCNC(=O)Oc1ccc(C(C)(C)c2ccc(OC(=O)NCCC[Si](OCC)(OCC)OCC)cc2)cc1)(OCC)OCC. The van der Waals surface area contributed by atoms with Gasteiger partial charge in [0.15, 0.2) is 0 Å². The lowest BCUT2D eigenvalue weighted by Gasteiger charge is -2.28. The van der Waals surface area contributed by atoms with E-state index >= 15 is 0 Å². The summed E-state index contributed by atoms with van der Waals surface area (Å²) >= 11 is 0. The average molecular weight is 723 g/mol. The van der Waals surface area contributed by atoms with Crippen LogP contribution >= 0.6 is 0 Å². The molecule has 49 heavy (non-hydrogen) atoms. The molecule has 14 heteroatoms. The second kappa shape index (κ2) is 22.1. The molecule has 0 aromatic heterocycles. The molecule has 12 nitrogen and oxygen atoms in total. The van der Waals surface area contributed by atoms with Crippen LogP contribution in [-0.4, -0.2) is 82.5 Å². The van der Waals surface area contributed by atoms with Crippen LogP contribution in [0.2, 0.25) is 12.1 Å². The van der Waals surface area contributed by atoms with Gasteiger partial charge in [0.2, 0.25) is 0 Å². The lowest BCUT2D eigenvalue weighted by atomic mass is 9.78. The van der Waals surface area contributed by atoms with Gasteiger partial charge >= 0.3 is 29.8 Å². The van der Waals surface area contributed by atoms with Crippen molar-refractivity contribution in [2.75, 3.05) is 52.7 Å². The summed E-state index contributed by atoms with van der Waals surface area (Å²) in [5.41, 5.74) is 1.69. The molecule has 0 spiro atoms. The molecule has 2 aromatic rings. The minimum atomic E-state index is -2.75. The van der Waals surface area contributed by atoms with Crippen LogP contribution in [-0.2, 0) is 32.0 Å². The first-order valence-corrected chi connectivity index (χ1v) is 21.3. The first-order valence-electron chi connectivity index (χ1n) is 17.5. The third-order valence-corrected chi connectivity index (χ3v) is 13.9. The molecule has 2 amide bonds. The second-order valence-corrected chi connectivity index (χ2v) is 16.9. The molecule has 0 fully saturated rings. The van der Waals surface area contributed by atoms with Crippen LogP contribution in [0.15, 0.2) is 48.5 Å². The van der Waals surface area contributed by atoms with Gasteiger partial charge in [0.1, 0.15) is 11.5 Å². The van der Waals surface area contributed by atoms with Gasteiger partial charge in [-0.25, -0.2) is 9.59 Å². The normalized spacial score (nSPS) is 12.1. The molecule has 2 rings (SSSR count). The third-order valence-electron chi connectivity index (χ3n) is 7.62. The Hall–Kier alpha value is -2.83. The molecule has 2 aromatic carbocycles. The Kier molecular flexibility index (Phi) is 19.1. The van der Waals surface area contributed by atoms with Crippen LogP contribution in [0.25, 0.3) is 0 Å². The third kappa shape index (κ3) is 14.1. The molecule has 0 bridgehead atoms. The van der Waals surface area contributed by atoms with Crippen molar-refractivity contribution >= 4 is 29.8 Å². The maximum atomic E-state index is 12.4. The zero-order valence-corrected chi connectivity index (χ0v) is 32.7. The molecule has 276 valence electrons. The molecule has 0 saturated carbocycles. The Balaban J connectivity index is 1.86. The predicted molar refractivity (Wildman–Crippen MR) is 193 cm³/mol. The number of hydrogen-bond acceptors (Lipinski definition) is 10. The molecule has 0 heterocycles. The molecule has 0 unspecified atom stereocenters. The fourth-order valence-corrected chi connectivity index (χ4v) is 10.5. The van der Waals surface area contributed by atoms with Gasteiger partial charge in [-0.2, -0.15) is 0 Å². The number of ether oxygens (including phenoxy) is 2. The molecule has 0 aliphatic rings. The van der Waals surface area contributed by atoms with Crippen LogP contribution in [0.1, 0.15) is 79.4 Å². The minimum Gasteiger partial charge on any atom is -0.410 e. The first-order chi connectivity index (χ1) is 23.5. The zero-order chi connectivity index (χ0) is 36.2. The highest BCUT2D eigenvalue weighted by Crippen LogP contribution is 2.33. The first kappa shape index (κ1) is 42.3. The number of carbonyl (C=O) groups is 2. The van der Waals surface area contributed by atoms with Crippen LogP contribution in [0.3, 0.4) is 0 Å². The monoisotopic (exact) mass is 722 g/mol. The van der Waals surface area contributed by atoms with E-state index in [0.29, 0.717) is 89.2 Å². The smallest absolute Gasteiger partial charge is 0.410 e. The standard InChI is InChI=1S/C35H58N2O10Si2/c1-9-40-48(41-10-2,42-11-3)27-15-25-36-33(38)46-31-21-17-29(18-22-31)35(7,8)30-19-23-32(24-20-30)47-34(39)37-26-16-28-49(43-12-4,44-13-5)45-14-6/h17-24H,9-16,25-28H2,1-8H3,(H,36,38)(H,37,39). The van der Waals surface area contributed by atoms with Crippen LogP contribution in [0.4, 0.5) is 9.59 Å². The highest BCUT2D eigenvalue weighted by Gasteiger charge is 2.40. The predicted octanol–water partition coefficient (Wildman–Crippen LogP) is 7.07. The summed E-state index contributed by atoms with van der Waals surface area (Å²) in [7, 11) is -5.50. The van der Waals surface area contributed by atoms with Crippen LogP contribution in [0.5, 0.6) is 11.5 Å². The molecular formula is C35H58N2O10Si2. The maximum absolute atomic E-state index is 12.4. The van der Waals surface area contributed by atoms with Crippen molar-refractivity contribution in [3.63, 3.8) is 0 Å². The Morgan fingerprint density at radius 3 is 1.08 bits per heavy atom. The Morgan fingerprint density at radius 1 is 0.531 bits per heavy atom. The van der Waals surface area contributed by atoms with Crippen molar-refractivity contribution < 1.29 is 45.6 Å². The van der Waals surface area contributed by atoms with E-state index in [0.717, 1.165) is 11.1 Å². The van der Waals surface area contributed by atoms with Crippen molar-refractivity contribution in [3.8, 4) is 11.5 Å². The van der Waals surface area contributed by atoms with Gasteiger partial charge in [-0.15, -0.1) is 0 Å². The highest BCUT2D eigenvalue weighted by molar-refractivity contribution is 6.61. The average Bonchev–Trinajstić information content (AvgIpc) is 3.06. The van der Waals surface area contributed by atoms with E-state index in [1.165, 1.54) is 0 Å². The molecular weight excluding hydrogens is 665 g/mol. The van der Waals surface area contributed by atoms with Gasteiger partial charge in [-0.3, -0.25) is 0 Å². The summed E-state index contributed by atoms with van der Waals surface area (Å²) in [6, 6.07) is 16.1. The molecule has 0 aliphatic carbocycles. The van der Waals surface area contributed by atoms with Gasteiger partial charge in [-0.1, -0.05) is 38.1 Å². The highest BCUT2D eigenvalue weighted by atomic mass is 28.4. The van der Waals surface area contributed by atoms with E-state index in [9.17, 15) is 9.59 Å². The van der Waals surface area contributed by atoms with E-state index in [4.69, 9.17) is 36.0 Å². The van der Waals surface area contributed by atoms with Gasteiger partial charge < -0.3 is 46.7 Å². The topological polar surface area (TPSA) is 132 Å². The molecule has 2 N–H and O–H groups in total. The van der Waals surface area contributed by atoms with E-state index in [1.54, 1.807) is 24.3 Å². The van der Waals surface area contributed by atoms with Gasteiger partial charge in [0, 0.05) is 70.2 Å². The summed E-state index contributed by atoms with van der Waals surface area (Å²) < 4.78 is 46.2. The van der Waals surface area contributed by atoms with Gasteiger partial charge in [0.25, 0.3) is 0 Å². The quantitative estimate of drug-likeness (QED) is 0.0857. The van der Waals surface area contributed by atoms with Crippen molar-refractivity contribution in [1.29, 1.82) is 0 Å². The number of hydrogen-bond donors (Lipinski definition) is 2. The largest absolute Gasteiger partial charge is 0.500 e. The number of carbonyl (C=O) groups excluding carboxylic acids is 2. The zero-order valence-electron chi connectivity index (χ0n) is 30.7. The van der Waals surface area contributed by atoms with Crippen molar-refractivity contribution in [1.82, 2.24) is 10.6 Å². The van der Waals surface area contributed by atoms with Crippen LogP contribution in [0, 0.1) is 0 Å². The van der Waals surface area contributed by atoms with Gasteiger partial charge in [0.05, 0.1) is 0 Å². The lowest BCUT2D eigenvalue weighted by Crippen LogP contribution is -2.46. The van der Waals surface area contributed by atoms with E-state index in [2.05, 4.69) is 24.5 Å². The number of amides is 2. The summed E-state index contributed by atoms with van der Waals surface area (Å²) in [6.07, 6.45) is 0.229. The maximum Gasteiger partial charge on any atom is 0.500 e. The Bertz CT molecular complexity index is 1100. The Morgan fingerprint density at radius 2 is 0.816 bits per heavy atom. The van der Waals surface area contributed by atoms with E-state index < -0.39 is 29.8 Å². The summed E-state index contributed by atoms with van der Waals surface area (Å²) in [5, 5.41) is 5.59. The Labute approximate surface area is 295 Å². The van der Waals surface area contributed by atoms with Crippen LogP contribution < -0.4 is 20.1 Å². The lowest BCUT2D eigenvalue weighted by molar-refractivity contribution is 0.0700. The molecule has 0 saturated heterocycles. The summed E-state index contributed by atoms with van der Waals surface area (Å²) in [5.74, 6) is 0.880. The number of benzene rings is 2. The fraction of sp³-hybridized carbons (Fsp3) is 0.600.